The molecule has 0 bridgehead atoms. The average Bonchev–Trinajstić information content (AvgIpc) is 1.31. The highest BCUT2D eigenvalue weighted by atomic mass is 35.5. The normalized spacial score (nSPS) is 11.4. The highest BCUT2D eigenvalue weighted by Gasteiger charge is 2.35. The number of hydrogen-bond acceptors (Lipinski definition) is 1. The van der Waals surface area contributed by atoms with E-state index in [0.717, 1.165) is 0 Å². The van der Waals surface area contributed by atoms with E-state index in [9.17, 15) is 13.2 Å². The fourth-order valence-electron chi connectivity index (χ4n) is 0. The van der Waals surface area contributed by atoms with Crippen LogP contribution in [0.15, 0.2) is 0 Å². The molecule has 7 heavy (non-hydrogen) atoms. The van der Waals surface area contributed by atoms with Crippen molar-refractivity contribution in [2.24, 2.45) is 0 Å². The zero-order valence-electron chi connectivity index (χ0n) is 2.92. The Morgan fingerprint density at radius 2 is 1.71 bits per heavy atom. The summed E-state index contributed by atoms with van der Waals surface area (Å²) in [6.07, 6.45) is 0. The second-order valence-electron chi connectivity index (χ2n) is 0.771. The number of rotatable bonds is 1. The molecule has 0 aliphatic rings. The summed E-state index contributed by atoms with van der Waals surface area (Å²) in [6, 6.07) is -2.82. The van der Waals surface area contributed by atoms with E-state index in [1.807, 2.05) is 0 Å². The number of carbonyl (C=O) groups is 1. The first-order valence-electron chi connectivity index (χ1n) is 1.21. The molecule has 0 N–H and O–H groups in total. The van der Waals surface area contributed by atoms with E-state index in [1.165, 1.54) is 0 Å². The minimum Gasteiger partial charge on any atom is -0.252 e. The third-order valence-electron chi connectivity index (χ3n) is 0.223. The highest BCUT2D eigenvalue weighted by Crippen LogP contribution is 2.19. The summed E-state index contributed by atoms with van der Waals surface area (Å²) in [5, 5.41) is -4.33. The van der Waals surface area contributed by atoms with Crippen molar-refractivity contribution in [1.29, 1.82) is 0 Å². The topological polar surface area (TPSA) is 17.1 Å². The number of alkyl halides is 3. The third-order valence-corrected chi connectivity index (χ3v) is 0.371. The van der Waals surface area contributed by atoms with Gasteiger partial charge in [-0.15, -0.1) is 0 Å². The monoisotopic (exact) mass is 132 g/mol. The number of halogens is 4. The molecular weight excluding hydrogens is 132 g/mol. The predicted octanol–water partition coefficient (Wildman–Crippen LogP) is 1.31. The van der Waals surface area contributed by atoms with Crippen molar-refractivity contribution in [2.45, 2.75) is 5.38 Å². The van der Waals surface area contributed by atoms with E-state index in [2.05, 4.69) is 11.6 Å². The van der Waals surface area contributed by atoms with Crippen LogP contribution in [0.1, 0.15) is 0 Å². The first-order valence-corrected chi connectivity index (χ1v) is 1.59. The van der Waals surface area contributed by atoms with Gasteiger partial charge in [0.1, 0.15) is 0 Å². The summed E-state index contributed by atoms with van der Waals surface area (Å²) in [7, 11) is 0. The van der Waals surface area contributed by atoms with Crippen molar-refractivity contribution in [2.75, 3.05) is 0 Å². The Morgan fingerprint density at radius 3 is 1.71 bits per heavy atom. The lowest BCUT2D eigenvalue weighted by Gasteiger charge is -1.93. The summed E-state index contributed by atoms with van der Waals surface area (Å²) >= 11 is 3.81. The maximum atomic E-state index is 10.9. The van der Waals surface area contributed by atoms with Crippen molar-refractivity contribution in [3.05, 3.63) is 0 Å². The molecule has 0 spiro atoms. The predicted molar refractivity (Wildman–Crippen MR) is 16.9 cm³/mol. The summed E-state index contributed by atoms with van der Waals surface area (Å²) in [5.41, 5.74) is 0. The molecule has 0 amide bonds. The Hall–Kier alpha value is -0.250. The first-order chi connectivity index (χ1) is 2.94. The molecular formula is C2ClF3O. The Labute approximate surface area is 42.1 Å². The maximum absolute atomic E-state index is 10.9. The molecule has 0 aliphatic heterocycles. The van der Waals surface area contributed by atoms with E-state index >= 15 is 0 Å². The Bertz CT molecular complexity index is 85.4. The molecule has 0 unspecified atom stereocenters. The Balaban J connectivity index is 3.79. The van der Waals surface area contributed by atoms with Gasteiger partial charge in [-0.2, -0.15) is 13.2 Å². The zero-order valence-corrected chi connectivity index (χ0v) is 3.68. The number of carbonyl (C=O) groups excluding carboxylic acids is 1. The molecule has 0 aromatic carbocycles. The van der Waals surface area contributed by atoms with Crippen LogP contribution in [-0.2, 0) is 4.79 Å². The molecule has 0 radical (unpaired) electrons. The van der Waals surface area contributed by atoms with Crippen molar-refractivity contribution in [3.8, 4) is 0 Å². The second-order valence-corrected chi connectivity index (χ2v) is 1.25. The largest absolute Gasteiger partial charge is 0.411 e. The van der Waals surface area contributed by atoms with E-state index < -0.39 is 11.4 Å². The van der Waals surface area contributed by atoms with Crippen molar-refractivity contribution in [3.63, 3.8) is 0 Å². The molecule has 0 heterocycles. The van der Waals surface area contributed by atoms with E-state index in [-0.39, 0.29) is 0 Å². The van der Waals surface area contributed by atoms with E-state index in [4.69, 9.17) is 4.79 Å². The maximum Gasteiger partial charge on any atom is 0.411 e. The fourth-order valence-corrected chi connectivity index (χ4v) is 0. The van der Waals surface area contributed by atoms with Crippen LogP contribution >= 0.6 is 11.6 Å². The smallest absolute Gasteiger partial charge is 0.252 e. The summed E-state index contributed by atoms with van der Waals surface area (Å²) in [5.74, 6) is 0. The zero-order chi connectivity index (χ0) is 6.08. The molecule has 1 nitrogen and oxygen atoms in total. The third kappa shape index (κ3) is 2.45. The molecule has 42 valence electrons. The minimum absolute atomic E-state index is 2.82. The van der Waals surface area contributed by atoms with Gasteiger partial charge in [0.2, 0.25) is 0 Å². The van der Waals surface area contributed by atoms with Gasteiger partial charge in [-0.1, -0.05) is 0 Å². The Morgan fingerprint density at radius 1 is 1.57 bits per heavy atom. The minimum atomic E-state index is -4.33. The van der Waals surface area contributed by atoms with Crippen molar-refractivity contribution < 1.29 is 18.0 Å². The lowest BCUT2D eigenvalue weighted by Crippen LogP contribution is -2.15. The quantitative estimate of drug-likeness (QED) is 0.388. The van der Waals surface area contributed by atoms with Crippen molar-refractivity contribution >= 4 is 17.6 Å². The molecule has 0 saturated carbocycles. The molecule has 5 heteroatoms. The van der Waals surface area contributed by atoms with Gasteiger partial charge in [-0.05, 0) is 11.6 Å². The molecule has 0 aromatic rings. The van der Waals surface area contributed by atoms with Gasteiger partial charge in [0, 0.05) is 0 Å². The van der Waals surface area contributed by atoms with E-state index in [1.54, 1.807) is 0 Å². The highest BCUT2D eigenvalue weighted by molar-refractivity contribution is 6.31. The van der Waals surface area contributed by atoms with Gasteiger partial charge in [-0.25, -0.2) is 0 Å². The second kappa shape index (κ2) is 1.69. The van der Waals surface area contributed by atoms with Crippen LogP contribution in [0, 0.1) is 0 Å². The van der Waals surface area contributed by atoms with Gasteiger partial charge < -0.3 is 0 Å². The molecule has 0 aliphatic carbocycles. The molecule has 0 aromatic heterocycles. The van der Waals surface area contributed by atoms with Crippen LogP contribution in [0.3, 0.4) is 0 Å². The van der Waals surface area contributed by atoms with Crippen molar-refractivity contribution in [1.82, 2.24) is 0 Å². The van der Waals surface area contributed by atoms with Crippen LogP contribution in [0.25, 0.3) is 0 Å². The van der Waals surface area contributed by atoms with Crippen LogP contribution < -0.4 is 0 Å². The van der Waals surface area contributed by atoms with Gasteiger partial charge in [0.25, 0.3) is 0 Å². The fraction of sp³-hybridized carbons (Fsp3) is 0.500. The summed E-state index contributed by atoms with van der Waals surface area (Å²) < 4.78 is 32.5. The van der Waals surface area contributed by atoms with Crippen LogP contribution in [0.4, 0.5) is 13.2 Å². The summed E-state index contributed by atoms with van der Waals surface area (Å²) in [4.78, 5) is 8.92. The van der Waals surface area contributed by atoms with Crippen LogP contribution in [-0.4, -0.2) is 11.4 Å². The lowest BCUT2D eigenvalue weighted by atomic mass is 10.8. The molecule has 0 fully saturated rings. The summed E-state index contributed by atoms with van der Waals surface area (Å²) in [6.45, 7) is 0. The average molecular weight is 132 g/mol. The van der Waals surface area contributed by atoms with Gasteiger partial charge in [0.15, 0.2) is 0 Å². The van der Waals surface area contributed by atoms with Gasteiger partial charge >= 0.3 is 11.4 Å². The first kappa shape index (κ1) is 6.75. The van der Waals surface area contributed by atoms with Crippen LogP contribution in [0.2, 0.25) is 0 Å². The Kier molecular flexibility index (Phi) is 1.63. The number of hydrogen-bond donors (Lipinski definition) is 0. The van der Waals surface area contributed by atoms with E-state index in [0.29, 0.717) is 0 Å². The lowest BCUT2D eigenvalue weighted by molar-refractivity contribution is -0.145. The standard InChI is InChI=1S/C2ClF3O/c3-2(5,6)1(4)7. The molecule has 0 rings (SSSR count). The molecule has 0 saturated heterocycles. The van der Waals surface area contributed by atoms with Gasteiger partial charge in [-0.3, -0.25) is 4.79 Å². The van der Waals surface area contributed by atoms with Crippen LogP contribution in [0.5, 0.6) is 0 Å². The molecule has 0 atom stereocenters. The SMILES string of the molecule is O=C(F)C(F)(F)Cl. The van der Waals surface area contributed by atoms with Gasteiger partial charge in [0.05, 0.1) is 0 Å².